The van der Waals surface area contributed by atoms with Crippen molar-refractivity contribution in [3.63, 3.8) is 0 Å². The van der Waals surface area contributed by atoms with Gasteiger partial charge in [-0.15, -0.1) is 0 Å². The second kappa shape index (κ2) is 10.6. The van der Waals surface area contributed by atoms with Crippen molar-refractivity contribution in [1.29, 1.82) is 0 Å². The molecule has 1 aliphatic carbocycles. The lowest BCUT2D eigenvalue weighted by molar-refractivity contribution is -0.919. The number of hydrogen-bond donors (Lipinski definition) is 0. The number of rotatable bonds is 4. The van der Waals surface area contributed by atoms with E-state index < -0.39 is 0 Å². The molecule has 0 N–H and O–H groups in total. The minimum absolute atomic E-state index is 0. The molecule has 0 spiro atoms. The lowest BCUT2D eigenvalue weighted by Crippen LogP contribution is -3.00. The van der Waals surface area contributed by atoms with Crippen LogP contribution >= 0.6 is 0 Å². The van der Waals surface area contributed by atoms with Gasteiger partial charge in [0.25, 0.3) is 0 Å². The Bertz CT molecular complexity index is 308. The Morgan fingerprint density at radius 1 is 0.542 bits per heavy atom. The molecule has 2 saturated heterocycles. The van der Waals surface area contributed by atoms with Crippen molar-refractivity contribution in [1.82, 2.24) is 0 Å². The number of piperidine rings is 2. The average molecular weight is 562 g/mol. The maximum atomic E-state index is 2.53. The number of nitrogens with zero attached hydrogens (tertiary/aromatic N) is 2. The van der Waals surface area contributed by atoms with E-state index in [4.69, 9.17) is 0 Å². The summed E-state index contributed by atoms with van der Waals surface area (Å²) in [4.78, 5) is 0. The molecule has 0 bridgehead atoms. The van der Waals surface area contributed by atoms with Gasteiger partial charge in [0.2, 0.25) is 0 Å². The van der Waals surface area contributed by atoms with Crippen molar-refractivity contribution in [3.8, 4) is 0 Å². The minimum atomic E-state index is 0. The van der Waals surface area contributed by atoms with Crippen LogP contribution in [0.5, 0.6) is 0 Å². The van der Waals surface area contributed by atoms with Crippen LogP contribution in [0.1, 0.15) is 64.2 Å². The Morgan fingerprint density at radius 2 is 0.833 bits per heavy atom. The van der Waals surface area contributed by atoms with Gasteiger partial charge in [-0.05, 0) is 64.2 Å². The van der Waals surface area contributed by atoms with Crippen LogP contribution in [-0.2, 0) is 0 Å². The Balaban J connectivity index is 0.00000144. The second-order valence-corrected chi connectivity index (χ2v) is 9.51. The summed E-state index contributed by atoms with van der Waals surface area (Å²) >= 11 is 0. The number of halogens is 2. The van der Waals surface area contributed by atoms with Gasteiger partial charge in [0.05, 0.1) is 53.4 Å². The van der Waals surface area contributed by atoms with E-state index in [1.165, 1.54) is 112 Å². The van der Waals surface area contributed by atoms with E-state index in [-0.39, 0.29) is 48.0 Å². The highest BCUT2D eigenvalue weighted by Crippen LogP contribution is 2.33. The first-order valence-electron chi connectivity index (χ1n) is 10.2. The van der Waals surface area contributed by atoms with Crippen molar-refractivity contribution in [2.45, 2.75) is 64.2 Å². The predicted octanol–water partition coefficient (Wildman–Crippen LogP) is -1.94. The van der Waals surface area contributed by atoms with Gasteiger partial charge >= 0.3 is 0 Å². The summed E-state index contributed by atoms with van der Waals surface area (Å²) in [5.41, 5.74) is 0. The van der Waals surface area contributed by atoms with E-state index in [2.05, 4.69) is 14.1 Å². The molecule has 144 valence electrons. The molecule has 3 rings (SSSR count). The highest BCUT2D eigenvalue weighted by Gasteiger charge is 2.34. The van der Waals surface area contributed by atoms with Crippen molar-refractivity contribution in [2.24, 2.45) is 11.8 Å². The summed E-state index contributed by atoms with van der Waals surface area (Å²) in [6.45, 7) is 8.78. The molecule has 0 aromatic carbocycles. The monoisotopic (exact) mass is 562 g/mol. The van der Waals surface area contributed by atoms with E-state index in [1.54, 1.807) is 0 Å². The van der Waals surface area contributed by atoms with E-state index >= 15 is 0 Å². The molecular formula is C20H40I2N2. The predicted molar refractivity (Wildman–Crippen MR) is 94.7 cm³/mol. The lowest BCUT2D eigenvalue weighted by Gasteiger charge is -2.44. The molecular weight excluding hydrogens is 522 g/mol. The normalized spacial score (nSPS) is 32.2. The fourth-order valence-corrected chi connectivity index (χ4v) is 5.76. The third kappa shape index (κ3) is 6.84. The van der Waals surface area contributed by atoms with Crippen LogP contribution < -0.4 is 48.0 Å². The first-order valence-corrected chi connectivity index (χ1v) is 10.2. The third-order valence-corrected chi connectivity index (χ3v) is 7.16. The minimum Gasteiger partial charge on any atom is -1.00 e. The highest BCUT2D eigenvalue weighted by molar-refractivity contribution is 4.73. The SMILES string of the molecule is C[N+]1(CC2CCC(C[N+]3(C)CCCCC3)CC2)CCCCC1.[I-].[I-]. The standard InChI is InChI=1S/C20H40N2.2HI/c1-21(13-5-3-6-14-21)17-19-9-11-20(12-10-19)18-22(2)15-7-4-8-16-22;;/h19-20H,3-18H2,1-2H3;2*1H/q+2;;/p-2. The molecule has 24 heavy (non-hydrogen) atoms. The van der Waals surface area contributed by atoms with Crippen molar-refractivity contribution < 1.29 is 56.9 Å². The van der Waals surface area contributed by atoms with Crippen LogP contribution in [-0.4, -0.2) is 62.3 Å². The first kappa shape index (κ1) is 23.4. The van der Waals surface area contributed by atoms with Crippen LogP contribution in [0, 0.1) is 11.8 Å². The number of hydrogen-bond acceptors (Lipinski definition) is 0. The van der Waals surface area contributed by atoms with Gasteiger partial charge in [-0.2, -0.15) is 0 Å². The van der Waals surface area contributed by atoms with Crippen molar-refractivity contribution in [2.75, 3.05) is 53.4 Å². The molecule has 0 radical (unpaired) electrons. The summed E-state index contributed by atoms with van der Waals surface area (Å²) in [5.74, 6) is 2.07. The van der Waals surface area contributed by atoms with Crippen molar-refractivity contribution >= 4 is 0 Å². The average Bonchev–Trinajstić information content (AvgIpc) is 2.50. The molecule has 3 fully saturated rings. The summed E-state index contributed by atoms with van der Waals surface area (Å²) in [7, 11) is 5.07. The Morgan fingerprint density at radius 3 is 1.12 bits per heavy atom. The van der Waals surface area contributed by atoms with Gasteiger partial charge in [0.1, 0.15) is 0 Å². The van der Waals surface area contributed by atoms with Gasteiger partial charge in [0.15, 0.2) is 0 Å². The second-order valence-electron chi connectivity index (χ2n) is 9.51. The topological polar surface area (TPSA) is 0 Å². The molecule has 0 unspecified atom stereocenters. The van der Waals surface area contributed by atoms with Gasteiger partial charge in [-0.3, -0.25) is 0 Å². The zero-order valence-electron chi connectivity index (χ0n) is 16.1. The summed E-state index contributed by atoms with van der Waals surface area (Å²) in [6.07, 6.45) is 15.0. The molecule has 3 aliphatic rings. The van der Waals surface area contributed by atoms with E-state index in [0.29, 0.717) is 0 Å². The molecule has 2 nitrogen and oxygen atoms in total. The Kier molecular flexibility index (Phi) is 10.4. The van der Waals surface area contributed by atoms with Crippen LogP contribution in [0.15, 0.2) is 0 Å². The zero-order chi connectivity index (χ0) is 15.5. The molecule has 4 heteroatoms. The summed E-state index contributed by atoms with van der Waals surface area (Å²) in [5, 5.41) is 0. The molecule has 0 atom stereocenters. The fraction of sp³-hybridized carbons (Fsp3) is 1.00. The maximum Gasteiger partial charge on any atom is 0.0813 e. The van der Waals surface area contributed by atoms with Crippen LogP contribution in [0.3, 0.4) is 0 Å². The van der Waals surface area contributed by atoms with Gasteiger partial charge < -0.3 is 56.9 Å². The van der Waals surface area contributed by atoms with Gasteiger partial charge in [-0.1, -0.05) is 0 Å². The largest absolute Gasteiger partial charge is 1.00 e. The summed E-state index contributed by atoms with van der Waals surface area (Å²) < 4.78 is 2.78. The van der Waals surface area contributed by atoms with Gasteiger partial charge in [0, 0.05) is 11.8 Å². The van der Waals surface area contributed by atoms with Crippen molar-refractivity contribution in [3.05, 3.63) is 0 Å². The van der Waals surface area contributed by atoms with Crippen LogP contribution in [0.2, 0.25) is 0 Å². The zero-order valence-corrected chi connectivity index (χ0v) is 20.4. The Labute approximate surface area is 185 Å². The van der Waals surface area contributed by atoms with E-state index in [9.17, 15) is 0 Å². The quantitative estimate of drug-likeness (QED) is 0.277. The maximum absolute atomic E-state index is 2.53. The molecule has 2 aliphatic heterocycles. The number of quaternary nitrogens is 2. The third-order valence-electron chi connectivity index (χ3n) is 7.16. The molecule has 0 aromatic heterocycles. The molecule has 0 aromatic rings. The smallest absolute Gasteiger partial charge is 0.0813 e. The lowest BCUT2D eigenvalue weighted by atomic mass is 9.80. The number of likely N-dealkylation sites (tertiary alicyclic amines) is 2. The van der Waals surface area contributed by atoms with E-state index in [0.717, 1.165) is 11.8 Å². The van der Waals surface area contributed by atoms with Crippen LogP contribution in [0.4, 0.5) is 0 Å². The van der Waals surface area contributed by atoms with Gasteiger partial charge in [-0.25, -0.2) is 0 Å². The Hall–Kier alpha value is 1.38. The van der Waals surface area contributed by atoms with Crippen LogP contribution in [0.25, 0.3) is 0 Å². The highest BCUT2D eigenvalue weighted by atomic mass is 127. The summed E-state index contributed by atoms with van der Waals surface area (Å²) in [6, 6.07) is 0. The van der Waals surface area contributed by atoms with E-state index in [1.807, 2.05) is 0 Å². The molecule has 1 saturated carbocycles. The fourth-order valence-electron chi connectivity index (χ4n) is 5.76. The molecule has 2 heterocycles. The first-order chi connectivity index (χ1) is 10.6. The molecule has 0 amide bonds.